The second-order valence-electron chi connectivity index (χ2n) is 8.42. The predicted octanol–water partition coefficient (Wildman–Crippen LogP) is 5.02. The zero-order valence-corrected chi connectivity index (χ0v) is 21.6. The molecule has 0 amide bonds. The van der Waals surface area contributed by atoms with Gasteiger partial charge >= 0.3 is 5.16 Å². The van der Waals surface area contributed by atoms with E-state index in [-0.39, 0.29) is 38.5 Å². The van der Waals surface area contributed by atoms with E-state index in [0.717, 1.165) is 17.0 Å². The molecular formula is C24H22F2N4O5S2. The van der Waals surface area contributed by atoms with Crippen molar-refractivity contribution < 1.29 is 26.5 Å². The molecule has 4 aromatic rings. The van der Waals surface area contributed by atoms with Crippen LogP contribution in [0.25, 0.3) is 11.0 Å². The highest BCUT2D eigenvalue weighted by atomic mass is 32.2. The number of hydrogen-bond donors (Lipinski definition) is 0. The second kappa shape index (κ2) is 10.1. The lowest BCUT2D eigenvalue weighted by Crippen LogP contribution is -2.22. The van der Waals surface area contributed by atoms with Gasteiger partial charge in [0.2, 0.25) is 0 Å². The molecule has 4 rings (SSSR count). The van der Waals surface area contributed by atoms with Crippen LogP contribution in [0.1, 0.15) is 23.7 Å². The Morgan fingerprint density at radius 2 is 1.89 bits per heavy atom. The number of rotatable bonds is 9. The van der Waals surface area contributed by atoms with Gasteiger partial charge in [0.15, 0.2) is 12.4 Å². The van der Waals surface area contributed by atoms with Gasteiger partial charge in [-0.2, -0.15) is 8.96 Å². The van der Waals surface area contributed by atoms with Crippen LogP contribution in [-0.2, 0) is 27.0 Å². The number of aromatic nitrogens is 3. The van der Waals surface area contributed by atoms with Gasteiger partial charge in [0.25, 0.3) is 15.9 Å². The summed E-state index contributed by atoms with van der Waals surface area (Å²) in [6.07, 6.45) is 1.34. The molecule has 0 aliphatic carbocycles. The lowest BCUT2D eigenvalue weighted by atomic mass is 10.2. The van der Waals surface area contributed by atoms with Crippen LogP contribution in [0.2, 0.25) is 0 Å². The van der Waals surface area contributed by atoms with E-state index in [1.807, 2.05) is 0 Å². The van der Waals surface area contributed by atoms with E-state index in [0.29, 0.717) is 16.6 Å². The van der Waals surface area contributed by atoms with Crippen LogP contribution < -0.4 is 4.74 Å². The Labute approximate surface area is 214 Å². The third-order valence-corrected chi connectivity index (χ3v) is 8.68. The first-order chi connectivity index (χ1) is 17.4. The zero-order chi connectivity index (χ0) is 27.0. The molecular weight excluding hydrogens is 526 g/mol. The molecule has 0 aliphatic rings. The number of nitroso groups, excluding NO2 is 1. The van der Waals surface area contributed by atoms with Gasteiger partial charge in [0.05, 0.1) is 21.6 Å². The fourth-order valence-electron chi connectivity index (χ4n) is 3.63. The molecule has 0 spiro atoms. The molecule has 1 atom stereocenters. The molecule has 2 heterocycles. The predicted molar refractivity (Wildman–Crippen MR) is 134 cm³/mol. The topological polar surface area (TPSA) is 127 Å². The first-order valence-electron chi connectivity index (χ1n) is 10.9. The summed E-state index contributed by atoms with van der Waals surface area (Å²) < 4.78 is 73.8. The van der Waals surface area contributed by atoms with Gasteiger partial charge < -0.3 is 9.29 Å². The lowest BCUT2D eigenvalue weighted by Gasteiger charge is -2.17. The third kappa shape index (κ3) is 5.48. The van der Waals surface area contributed by atoms with Gasteiger partial charge in [0.1, 0.15) is 11.4 Å². The van der Waals surface area contributed by atoms with Crippen molar-refractivity contribution in [3.63, 3.8) is 0 Å². The maximum Gasteiger partial charge on any atom is 0.338 e. The number of hydrogen-bond acceptors (Lipinski definition) is 8. The van der Waals surface area contributed by atoms with Gasteiger partial charge in [-0.1, -0.05) is 18.2 Å². The van der Waals surface area contributed by atoms with Crippen LogP contribution in [0.4, 0.5) is 14.5 Å². The number of nitrogens with zero attached hydrogens (tertiary/aromatic N) is 4. The number of ether oxygens (including phenoxy) is 1. The molecule has 0 radical (unpaired) electrons. The number of fused-ring (bicyclic) bond motifs is 1. The summed E-state index contributed by atoms with van der Waals surface area (Å²) in [5.41, 5.74) is 1.44. The minimum atomic E-state index is -4.36. The molecule has 13 heteroatoms. The average molecular weight is 549 g/mol. The summed E-state index contributed by atoms with van der Waals surface area (Å²) in [4.78, 5) is 19.4. The summed E-state index contributed by atoms with van der Waals surface area (Å²) in [6, 6.07) is 11.8. The van der Waals surface area contributed by atoms with E-state index in [1.165, 1.54) is 30.5 Å². The van der Waals surface area contributed by atoms with E-state index in [9.17, 15) is 26.7 Å². The highest BCUT2D eigenvalue weighted by Crippen LogP contribution is 2.31. The van der Waals surface area contributed by atoms with Crippen LogP contribution in [0.5, 0.6) is 5.75 Å². The molecule has 0 aliphatic heterocycles. The number of para-hydroxylation sites is 2. The largest absolute Gasteiger partial charge is 0.609 e. The van der Waals surface area contributed by atoms with Gasteiger partial charge in [-0.25, -0.2) is 17.2 Å². The second-order valence-corrected chi connectivity index (χ2v) is 11.5. The molecule has 0 saturated carbocycles. The van der Waals surface area contributed by atoms with Crippen molar-refractivity contribution in [2.24, 2.45) is 5.18 Å². The first kappa shape index (κ1) is 26.6. The van der Waals surface area contributed by atoms with E-state index in [1.54, 1.807) is 32.0 Å². The van der Waals surface area contributed by atoms with E-state index in [2.05, 4.69) is 15.1 Å². The highest BCUT2D eigenvalue weighted by Gasteiger charge is 2.33. The van der Waals surface area contributed by atoms with Crippen LogP contribution in [-0.4, -0.2) is 39.4 Å². The first-order valence-corrected chi connectivity index (χ1v) is 13.7. The Bertz CT molecular complexity index is 1590. The van der Waals surface area contributed by atoms with Crippen LogP contribution in [0.3, 0.4) is 0 Å². The van der Waals surface area contributed by atoms with E-state index in [4.69, 9.17) is 4.74 Å². The number of halogens is 2. The lowest BCUT2D eigenvalue weighted by molar-refractivity contribution is -0.0231. The van der Waals surface area contributed by atoms with Gasteiger partial charge in [0, 0.05) is 29.9 Å². The quantitative estimate of drug-likeness (QED) is 0.212. The van der Waals surface area contributed by atoms with Gasteiger partial charge in [-0.05, 0) is 54.9 Å². The standard InChI is InChI=1S/C24H22F2N4O5S2/c1-15-8-9-17(29-31)12-22(15)37(33,34)30-20-7-5-4-6-18(20)28-23(30)36(32)13-19-16(2)21(10-11-27-19)35-14-24(3,25)26/h4-12H,13-14H2,1-3H3. The van der Waals surface area contributed by atoms with Crippen molar-refractivity contribution in [2.75, 3.05) is 6.61 Å². The molecule has 194 valence electrons. The Balaban J connectivity index is 1.79. The minimum absolute atomic E-state index is 0.0782. The van der Waals surface area contributed by atoms with Crippen molar-refractivity contribution in [1.29, 1.82) is 0 Å². The average Bonchev–Trinajstić information content (AvgIpc) is 3.25. The number of aryl methyl sites for hydroxylation is 1. The molecule has 2 aromatic heterocycles. The zero-order valence-electron chi connectivity index (χ0n) is 20.0. The molecule has 37 heavy (non-hydrogen) atoms. The number of benzene rings is 2. The smallest absolute Gasteiger partial charge is 0.338 e. The molecule has 0 saturated heterocycles. The van der Waals surface area contributed by atoms with Crippen molar-refractivity contribution in [2.45, 2.75) is 42.5 Å². The summed E-state index contributed by atoms with van der Waals surface area (Å²) in [5, 5.41) is 2.57. The Morgan fingerprint density at radius 3 is 2.59 bits per heavy atom. The van der Waals surface area contributed by atoms with E-state index < -0.39 is 33.7 Å². The Kier molecular flexibility index (Phi) is 7.31. The van der Waals surface area contributed by atoms with Crippen LogP contribution in [0.15, 0.2) is 70.0 Å². The van der Waals surface area contributed by atoms with Crippen molar-refractivity contribution in [3.05, 3.63) is 76.5 Å². The van der Waals surface area contributed by atoms with E-state index >= 15 is 0 Å². The number of alkyl halides is 2. The fourth-order valence-corrected chi connectivity index (χ4v) is 6.93. The molecule has 2 aromatic carbocycles. The number of pyridine rings is 1. The molecule has 0 fully saturated rings. The van der Waals surface area contributed by atoms with Crippen molar-refractivity contribution in [3.8, 4) is 5.75 Å². The normalized spacial score (nSPS) is 13.0. The molecule has 0 bridgehead atoms. The van der Waals surface area contributed by atoms with Gasteiger partial charge in [-0.3, -0.25) is 4.98 Å². The number of imidazole rings is 1. The Morgan fingerprint density at radius 1 is 1.16 bits per heavy atom. The van der Waals surface area contributed by atoms with Crippen LogP contribution in [0, 0.1) is 18.8 Å². The van der Waals surface area contributed by atoms with Crippen LogP contribution >= 0.6 is 0 Å². The fraction of sp³-hybridized carbons (Fsp3) is 0.250. The molecule has 0 N–H and O–H groups in total. The SMILES string of the molecule is Cc1ccc(N=O)cc1S(=O)(=O)n1c([S+]([O-])Cc2nccc(OCC(C)(F)F)c2C)nc2ccccc21. The highest BCUT2D eigenvalue weighted by molar-refractivity contribution is 7.93. The maximum absolute atomic E-state index is 13.8. The minimum Gasteiger partial charge on any atom is -0.609 e. The Hall–Kier alpha value is -3.42. The third-order valence-electron chi connectivity index (χ3n) is 5.50. The summed E-state index contributed by atoms with van der Waals surface area (Å²) in [5.74, 6) is -3.15. The summed E-state index contributed by atoms with van der Waals surface area (Å²) in [6.45, 7) is 3.04. The molecule has 9 nitrogen and oxygen atoms in total. The monoisotopic (exact) mass is 548 g/mol. The van der Waals surface area contributed by atoms with Crippen molar-refractivity contribution >= 4 is 37.9 Å². The maximum atomic E-state index is 13.8. The summed E-state index contributed by atoms with van der Waals surface area (Å²) >= 11 is -2.03. The summed E-state index contributed by atoms with van der Waals surface area (Å²) in [7, 11) is -4.36. The molecule has 1 unspecified atom stereocenters. The van der Waals surface area contributed by atoms with Gasteiger partial charge in [-0.15, -0.1) is 4.91 Å². The van der Waals surface area contributed by atoms with Crippen molar-refractivity contribution in [1.82, 2.24) is 13.9 Å².